The number of nitrogens with zero attached hydrogens (tertiary/aromatic N) is 1. The molecule has 1 saturated carbocycles. The number of hydrogen-bond donors (Lipinski definition) is 1. The van der Waals surface area contributed by atoms with E-state index in [4.69, 9.17) is 4.74 Å². The van der Waals surface area contributed by atoms with Crippen LogP contribution in [-0.4, -0.2) is 41.2 Å². The van der Waals surface area contributed by atoms with E-state index >= 15 is 0 Å². The van der Waals surface area contributed by atoms with Crippen molar-refractivity contribution in [3.63, 3.8) is 0 Å². The summed E-state index contributed by atoms with van der Waals surface area (Å²) in [7, 11) is 0. The third-order valence-electron chi connectivity index (χ3n) is 5.01. The van der Waals surface area contributed by atoms with E-state index < -0.39 is 24.5 Å². The molecule has 2 aliphatic rings. The molecule has 3 atom stereocenters. The minimum atomic E-state index is -1.02. The number of carbonyl (C=O) groups is 4. The summed E-state index contributed by atoms with van der Waals surface area (Å²) in [6.45, 7) is 0.992. The number of ether oxygens (including phenoxy) is 1. The van der Waals surface area contributed by atoms with Gasteiger partial charge in [-0.1, -0.05) is 31.0 Å². The van der Waals surface area contributed by atoms with E-state index in [0.717, 1.165) is 17.7 Å². The van der Waals surface area contributed by atoms with Crippen molar-refractivity contribution in [2.24, 2.45) is 11.8 Å². The molecule has 0 spiro atoms. The van der Waals surface area contributed by atoms with Gasteiger partial charge in [0, 0.05) is 5.69 Å². The molecular weight excluding hydrogens is 336 g/mol. The summed E-state index contributed by atoms with van der Waals surface area (Å²) in [6, 6.07) is 7.77. The Labute approximate surface area is 151 Å². The normalized spacial score (nSPS) is 23.3. The number of para-hydroxylation sites is 1. The highest BCUT2D eigenvalue weighted by Crippen LogP contribution is 2.38. The molecule has 1 aliphatic heterocycles. The van der Waals surface area contributed by atoms with E-state index in [1.165, 1.54) is 6.92 Å². The first-order chi connectivity index (χ1) is 12.5. The highest BCUT2D eigenvalue weighted by Gasteiger charge is 2.51. The van der Waals surface area contributed by atoms with Crippen molar-refractivity contribution in [1.82, 2.24) is 4.90 Å². The molecule has 138 valence electrons. The highest BCUT2D eigenvalue weighted by molar-refractivity contribution is 6.08. The van der Waals surface area contributed by atoms with Gasteiger partial charge < -0.3 is 10.1 Å². The lowest BCUT2D eigenvalue weighted by Gasteiger charge is -2.21. The van der Waals surface area contributed by atoms with E-state index in [0.29, 0.717) is 18.5 Å². The molecule has 1 heterocycles. The number of amides is 3. The molecule has 0 radical (unpaired) electrons. The van der Waals surface area contributed by atoms with Crippen LogP contribution >= 0.6 is 0 Å². The van der Waals surface area contributed by atoms with Gasteiger partial charge >= 0.3 is 5.97 Å². The van der Waals surface area contributed by atoms with Gasteiger partial charge in [-0.2, -0.15) is 0 Å². The molecule has 1 aromatic rings. The van der Waals surface area contributed by atoms with Gasteiger partial charge in [0.2, 0.25) is 11.8 Å². The van der Waals surface area contributed by atoms with Gasteiger partial charge in [-0.3, -0.25) is 19.3 Å². The first-order valence-electron chi connectivity index (χ1n) is 8.87. The quantitative estimate of drug-likeness (QED) is 0.639. The molecule has 1 N–H and O–H groups in total. The Bertz CT molecular complexity index is 694. The monoisotopic (exact) mass is 358 g/mol. The predicted octanol–water partition coefficient (Wildman–Crippen LogP) is 1.73. The van der Waals surface area contributed by atoms with Crippen LogP contribution < -0.4 is 5.32 Å². The standard InChI is InChI=1S/C19H22N2O5/c1-12(21-17(23)14-9-5-6-10-15(14)18(21)24)19(25)26-11-16(22)20-13-7-3-2-4-8-13/h2-4,7-8,12,14-15H,5-6,9-11H2,1H3,(H,20,22)/t12-,14-,15-/m0/s1. The number of hydrogen-bond acceptors (Lipinski definition) is 5. The number of rotatable bonds is 5. The van der Waals surface area contributed by atoms with E-state index in [9.17, 15) is 19.2 Å². The SMILES string of the molecule is C[C@@H](C(=O)OCC(=O)Nc1ccccc1)N1C(=O)[C@H]2CCCC[C@@H]2C1=O. The Morgan fingerprint density at radius 2 is 1.69 bits per heavy atom. The lowest BCUT2D eigenvalue weighted by atomic mass is 9.81. The molecule has 7 heteroatoms. The van der Waals surface area contributed by atoms with Crippen molar-refractivity contribution in [1.29, 1.82) is 0 Å². The van der Waals surface area contributed by atoms with Gasteiger partial charge in [0.25, 0.3) is 5.91 Å². The molecule has 1 aliphatic carbocycles. The fourth-order valence-corrected chi connectivity index (χ4v) is 3.65. The van der Waals surface area contributed by atoms with Gasteiger partial charge in [0.15, 0.2) is 6.61 Å². The fourth-order valence-electron chi connectivity index (χ4n) is 3.65. The summed E-state index contributed by atoms with van der Waals surface area (Å²) < 4.78 is 5.00. The van der Waals surface area contributed by atoms with E-state index in [1.54, 1.807) is 24.3 Å². The average molecular weight is 358 g/mol. The zero-order valence-corrected chi connectivity index (χ0v) is 14.6. The zero-order chi connectivity index (χ0) is 18.7. The second kappa shape index (κ2) is 7.68. The van der Waals surface area contributed by atoms with Crippen LogP contribution in [0.1, 0.15) is 32.6 Å². The fraction of sp³-hybridized carbons (Fsp3) is 0.474. The molecule has 1 saturated heterocycles. The molecule has 26 heavy (non-hydrogen) atoms. The minimum absolute atomic E-state index is 0.294. The topological polar surface area (TPSA) is 92.8 Å². The van der Waals surface area contributed by atoms with Gasteiger partial charge in [0.1, 0.15) is 6.04 Å². The van der Waals surface area contributed by atoms with Crippen LogP contribution in [0.2, 0.25) is 0 Å². The Kier molecular flexibility index (Phi) is 5.35. The number of imide groups is 1. The maximum atomic E-state index is 12.5. The second-order valence-corrected chi connectivity index (χ2v) is 6.74. The number of benzene rings is 1. The summed E-state index contributed by atoms with van der Waals surface area (Å²) in [6.07, 6.45) is 3.22. The molecule has 0 unspecified atom stereocenters. The van der Waals surface area contributed by atoms with Crippen LogP contribution in [0.15, 0.2) is 30.3 Å². The molecule has 7 nitrogen and oxygen atoms in total. The first kappa shape index (κ1) is 18.1. The lowest BCUT2D eigenvalue weighted by molar-refractivity contribution is -0.159. The summed E-state index contributed by atoms with van der Waals surface area (Å²) in [5, 5.41) is 2.60. The zero-order valence-electron chi connectivity index (χ0n) is 14.6. The van der Waals surface area contributed by atoms with E-state index in [1.807, 2.05) is 6.07 Å². The van der Waals surface area contributed by atoms with Gasteiger partial charge in [-0.05, 0) is 31.9 Å². The number of carbonyl (C=O) groups excluding carboxylic acids is 4. The third kappa shape index (κ3) is 3.61. The van der Waals surface area contributed by atoms with Gasteiger partial charge in [-0.15, -0.1) is 0 Å². The molecule has 3 amide bonds. The van der Waals surface area contributed by atoms with Crippen LogP contribution in [0, 0.1) is 11.8 Å². The smallest absolute Gasteiger partial charge is 0.329 e. The van der Waals surface area contributed by atoms with Crippen molar-refractivity contribution in [3.05, 3.63) is 30.3 Å². The maximum Gasteiger partial charge on any atom is 0.329 e. The summed E-state index contributed by atoms with van der Waals surface area (Å²) >= 11 is 0. The summed E-state index contributed by atoms with van der Waals surface area (Å²) in [5.74, 6) is -2.45. The van der Waals surface area contributed by atoms with Crippen LogP contribution in [-0.2, 0) is 23.9 Å². The average Bonchev–Trinajstić information content (AvgIpc) is 2.91. The maximum absolute atomic E-state index is 12.5. The van der Waals surface area contributed by atoms with Crippen LogP contribution in [0.3, 0.4) is 0 Å². The molecule has 0 bridgehead atoms. The second-order valence-electron chi connectivity index (χ2n) is 6.74. The number of likely N-dealkylation sites (tertiary alicyclic amines) is 1. The van der Waals surface area contributed by atoms with Gasteiger partial charge in [0.05, 0.1) is 11.8 Å². The summed E-state index contributed by atoms with van der Waals surface area (Å²) in [5.41, 5.74) is 0.593. The lowest BCUT2D eigenvalue weighted by Crippen LogP contribution is -2.45. The number of esters is 1. The van der Waals surface area contributed by atoms with Gasteiger partial charge in [-0.25, -0.2) is 4.79 Å². The minimum Gasteiger partial charge on any atom is -0.454 e. The number of anilines is 1. The van der Waals surface area contributed by atoms with Crippen LogP contribution in [0.25, 0.3) is 0 Å². The number of fused-ring (bicyclic) bond motifs is 1. The van der Waals surface area contributed by atoms with Crippen molar-refractivity contribution in [2.45, 2.75) is 38.6 Å². The largest absolute Gasteiger partial charge is 0.454 e. The Balaban J connectivity index is 1.55. The Hall–Kier alpha value is -2.70. The van der Waals surface area contributed by atoms with Crippen molar-refractivity contribution < 1.29 is 23.9 Å². The van der Waals surface area contributed by atoms with Crippen molar-refractivity contribution in [3.8, 4) is 0 Å². The molecule has 2 fully saturated rings. The Morgan fingerprint density at radius 1 is 1.12 bits per heavy atom. The first-order valence-corrected chi connectivity index (χ1v) is 8.87. The van der Waals surface area contributed by atoms with Crippen molar-refractivity contribution in [2.75, 3.05) is 11.9 Å². The number of nitrogens with one attached hydrogen (secondary N) is 1. The molecule has 3 rings (SSSR count). The molecule has 1 aromatic carbocycles. The highest BCUT2D eigenvalue weighted by atomic mass is 16.5. The van der Waals surface area contributed by atoms with Crippen LogP contribution in [0.5, 0.6) is 0 Å². The van der Waals surface area contributed by atoms with E-state index in [2.05, 4.69) is 5.32 Å². The molecular formula is C19H22N2O5. The van der Waals surface area contributed by atoms with Crippen molar-refractivity contribution >= 4 is 29.4 Å². The van der Waals surface area contributed by atoms with E-state index in [-0.39, 0.29) is 23.7 Å². The third-order valence-corrected chi connectivity index (χ3v) is 5.01. The van der Waals surface area contributed by atoms with Crippen LogP contribution in [0.4, 0.5) is 5.69 Å². The molecule has 0 aromatic heterocycles. The Morgan fingerprint density at radius 3 is 2.27 bits per heavy atom. The summed E-state index contributed by atoms with van der Waals surface area (Å²) in [4.78, 5) is 50.1. The predicted molar refractivity (Wildman–Crippen MR) is 92.8 cm³/mol.